The summed E-state index contributed by atoms with van der Waals surface area (Å²) in [6.07, 6.45) is -1.33. The van der Waals surface area contributed by atoms with E-state index in [9.17, 15) is 23.1 Å². The monoisotopic (exact) mass is 395 g/mol. The number of sulfonamides is 1. The number of hydrogen-bond donors (Lipinski definition) is 2. The van der Waals surface area contributed by atoms with E-state index in [2.05, 4.69) is 5.16 Å². The van der Waals surface area contributed by atoms with E-state index in [1.807, 2.05) is 4.72 Å². The van der Waals surface area contributed by atoms with Crippen molar-refractivity contribution in [2.45, 2.75) is 38.1 Å². The molecule has 9 nitrogen and oxygen atoms in total. The summed E-state index contributed by atoms with van der Waals surface area (Å²) in [4.78, 5) is 24.1. The first-order valence-corrected chi connectivity index (χ1v) is 9.49. The van der Waals surface area contributed by atoms with Gasteiger partial charge in [0.25, 0.3) is 15.9 Å². The molecule has 0 aliphatic heterocycles. The van der Waals surface area contributed by atoms with Crippen LogP contribution in [0.2, 0.25) is 0 Å². The number of nitrogens with one attached hydrogen (secondary N) is 1. The third kappa shape index (κ3) is 4.64. The molecule has 0 fully saturated rings. The second kappa shape index (κ2) is 7.39. The number of rotatable bonds is 5. The largest absolute Gasteiger partial charge is 0.465 e. The Morgan fingerprint density at radius 1 is 1.22 bits per heavy atom. The Labute approximate surface area is 157 Å². The zero-order valence-corrected chi connectivity index (χ0v) is 16.2. The normalized spacial score (nSPS) is 11.9. The van der Waals surface area contributed by atoms with E-state index in [0.29, 0.717) is 5.56 Å². The molecular weight excluding hydrogens is 374 g/mol. The Hall–Kier alpha value is -2.88. The Bertz CT molecular complexity index is 945. The van der Waals surface area contributed by atoms with Gasteiger partial charge in [-0.15, -0.1) is 0 Å². The van der Waals surface area contributed by atoms with E-state index in [-0.39, 0.29) is 16.3 Å². The van der Waals surface area contributed by atoms with Crippen molar-refractivity contribution in [1.29, 1.82) is 0 Å². The highest BCUT2D eigenvalue weighted by Gasteiger charge is 2.32. The van der Waals surface area contributed by atoms with Gasteiger partial charge < -0.3 is 9.63 Å². The fourth-order valence-electron chi connectivity index (χ4n) is 2.43. The highest BCUT2D eigenvalue weighted by molar-refractivity contribution is 7.90. The average Bonchev–Trinajstić information content (AvgIpc) is 2.94. The Balaban J connectivity index is 2.31. The molecule has 0 bridgehead atoms. The average molecular weight is 395 g/mol. The van der Waals surface area contributed by atoms with Gasteiger partial charge in [0, 0.05) is 11.1 Å². The number of carboxylic acid groups (broad SMARTS) is 1. The van der Waals surface area contributed by atoms with Crippen LogP contribution < -0.4 is 4.72 Å². The molecule has 0 atom stereocenters. The summed E-state index contributed by atoms with van der Waals surface area (Å²) in [5.74, 6) is -0.966. The molecule has 2 N–H and O–H groups in total. The van der Waals surface area contributed by atoms with Crippen molar-refractivity contribution in [3.05, 3.63) is 36.1 Å². The molecule has 27 heavy (non-hydrogen) atoms. The first kappa shape index (κ1) is 20.4. The number of hydrogen-bond acceptors (Lipinski definition) is 6. The summed E-state index contributed by atoms with van der Waals surface area (Å²) in [5, 5.41) is 13.0. The van der Waals surface area contributed by atoms with Crippen molar-refractivity contribution in [2.75, 3.05) is 6.54 Å². The van der Waals surface area contributed by atoms with Gasteiger partial charge in [-0.3, -0.25) is 9.69 Å². The van der Waals surface area contributed by atoms with E-state index in [4.69, 9.17) is 4.52 Å². The van der Waals surface area contributed by atoms with Crippen LogP contribution in [0.5, 0.6) is 0 Å². The zero-order chi connectivity index (χ0) is 20.4. The predicted molar refractivity (Wildman–Crippen MR) is 96.5 cm³/mol. The fourth-order valence-corrected chi connectivity index (χ4v) is 3.72. The van der Waals surface area contributed by atoms with E-state index in [1.54, 1.807) is 51.1 Å². The van der Waals surface area contributed by atoms with Crippen LogP contribution in [-0.2, 0) is 14.8 Å². The van der Waals surface area contributed by atoms with Gasteiger partial charge >= 0.3 is 6.09 Å². The lowest BCUT2D eigenvalue weighted by atomic mass is 10.1. The molecular formula is C17H21N3O6S. The van der Waals surface area contributed by atoms with Crippen LogP contribution in [0.4, 0.5) is 4.79 Å². The molecule has 10 heteroatoms. The number of benzene rings is 1. The Morgan fingerprint density at radius 2 is 1.81 bits per heavy atom. The molecule has 0 spiro atoms. The molecule has 0 saturated heterocycles. The van der Waals surface area contributed by atoms with Crippen LogP contribution in [0.3, 0.4) is 0 Å². The Kier molecular flexibility index (Phi) is 5.59. The quantitative estimate of drug-likeness (QED) is 0.794. The maximum Gasteiger partial charge on any atom is 0.408 e. The minimum atomic E-state index is -4.32. The number of aromatic nitrogens is 1. The molecule has 0 radical (unpaired) electrons. The van der Waals surface area contributed by atoms with Gasteiger partial charge in [0.15, 0.2) is 10.7 Å². The molecule has 1 heterocycles. The van der Waals surface area contributed by atoms with Gasteiger partial charge in [-0.25, -0.2) is 17.9 Å². The lowest BCUT2D eigenvalue weighted by Crippen LogP contribution is -2.50. The zero-order valence-electron chi connectivity index (χ0n) is 15.4. The molecule has 0 aliphatic rings. The smallest absolute Gasteiger partial charge is 0.408 e. The van der Waals surface area contributed by atoms with Crippen LogP contribution in [0.1, 0.15) is 26.5 Å². The lowest BCUT2D eigenvalue weighted by Gasteiger charge is -2.32. The van der Waals surface area contributed by atoms with Crippen molar-refractivity contribution in [1.82, 2.24) is 14.8 Å². The van der Waals surface area contributed by atoms with Crippen molar-refractivity contribution < 1.29 is 27.6 Å². The van der Waals surface area contributed by atoms with Crippen molar-refractivity contribution >= 4 is 22.0 Å². The lowest BCUT2D eigenvalue weighted by molar-refractivity contribution is -0.121. The maximum atomic E-state index is 12.7. The number of nitrogens with zero attached hydrogens (tertiary/aromatic N) is 2. The van der Waals surface area contributed by atoms with Crippen LogP contribution in [-0.4, -0.2) is 47.7 Å². The summed E-state index contributed by atoms with van der Waals surface area (Å²) >= 11 is 0. The van der Waals surface area contributed by atoms with E-state index < -0.39 is 34.1 Å². The molecule has 0 saturated carbocycles. The SMILES string of the molecule is Cc1onc(-c2ccccc2)c1S(=O)(=O)NC(=O)CN(C(=O)O)C(C)(C)C. The van der Waals surface area contributed by atoms with Crippen LogP contribution in [0.25, 0.3) is 11.3 Å². The first-order valence-electron chi connectivity index (χ1n) is 8.01. The summed E-state index contributed by atoms with van der Waals surface area (Å²) in [7, 11) is -4.32. The topological polar surface area (TPSA) is 130 Å². The summed E-state index contributed by atoms with van der Waals surface area (Å²) < 4.78 is 32.3. The number of carbonyl (C=O) groups excluding carboxylic acids is 1. The van der Waals surface area contributed by atoms with E-state index in [0.717, 1.165) is 4.90 Å². The maximum absolute atomic E-state index is 12.7. The van der Waals surface area contributed by atoms with Gasteiger partial charge in [-0.05, 0) is 27.7 Å². The first-order chi connectivity index (χ1) is 12.4. The standard InChI is InChI=1S/C17H21N3O6S/c1-11-15(14(18-26-11)12-8-6-5-7-9-12)27(24,25)19-13(21)10-20(16(22)23)17(2,3)4/h5-9H,10H2,1-4H3,(H,19,21)(H,22,23). The predicted octanol–water partition coefficient (Wildman–Crippen LogP) is 2.23. The van der Waals surface area contributed by atoms with Crippen molar-refractivity contribution in [3.63, 3.8) is 0 Å². The molecule has 2 amide bonds. The summed E-state index contributed by atoms with van der Waals surface area (Å²) in [6, 6.07) is 8.50. The van der Waals surface area contributed by atoms with Gasteiger partial charge in [0.1, 0.15) is 12.2 Å². The number of aryl methyl sites for hydroxylation is 1. The molecule has 0 aliphatic carbocycles. The van der Waals surface area contributed by atoms with Gasteiger partial charge in [-0.1, -0.05) is 35.5 Å². The van der Waals surface area contributed by atoms with Gasteiger partial charge in [-0.2, -0.15) is 0 Å². The van der Waals surface area contributed by atoms with Crippen LogP contribution in [0, 0.1) is 6.92 Å². The number of amides is 2. The van der Waals surface area contributed by atoms with Gasteiger partial charge in [0.05, 0.1) is 0 Å². The third-order valence-corrected chi connectivity index (χ3v) is 5.23. The molecule has 2 rings (SSSR count). The van der Waals surface area contributed by atoms with Crippen molar-refractivity contribution in [2.24, 2.45) is 0 Å². The van der Waals surface area contributed by atoms with Crippen LogP contribution >= 0.6 is 0 Å². The highest BCUT2D eigenvalue weighted by atomic mass is 32.2. The summed E-state index contributed by atoms with van der Waals surface area (Å²) in [6.45, 7) is 5.57. The molecule has 1 aromatic heterocycles. The van der Waals surface area contributed by atoms with Crippen LogP contribution in [0.15, 0.2) is 39.8 Å². The van der Waals surface area contributed by atoms with Crippen molar-refractivity contribution in [3.8, 4) is 11.3 Å². The highest BCUT2D eigenvalue weighted by Crippen LogP contribution is 2.28. The van der Waals surface area contributed by atoms with E-state index in [1.165, 1.54) is 6.92 Å². The molecule has 146 valence electrons. The fraction of sp³-hybridized carbons (Fsp3) is 0.353. The second-order valence-corrected chi connectivity index (χ2v) is 8.47. The molecule has 1 aromatic carbocycles. The van der Waals surface area contributed by atoms with E-state index >= 15 is 0 Å². The second-order valence-electron chi connectivity index (χ2n) is 6.85. The third-order valence-electron chi connectivity index (χ3n) is 3.72. The minimum absolute atomic E-state index is 0.0139. The molecule has 2 aromatic rings. The molecule has 0 unspecified atom stereocenters. The minimum Gasteiger partial charge on any atom is -0.465 e. The Morgan fingerprint density at radius 3 is 2.33 bits per heavy atom. The van der Waals surface area contributed by atoms with Gasteiger partial charge in [0.2, 0.25) is 0 Å². The summed E-state index contributed by atoms with van der Waals surface area (Å²) in [5.41, 5.74) is -0.307. The number of carbonyl (C=O) groups is 2.